The van der Waals surface area contributed by atoms with Crippen LogP contribution in [0.3, 0.4) is 0 Å². The summed E-state index contributed by atoms with van der Waals surface area (Å²) < 4.78 is 0. The lowest BCUT2D eigenvalue weighted by Gasteiger charge is -2.01. The fraction of sp³-hybridized carbons (Fsp3) is 0.111. The fourth-order valence-electron chi connectivity index (χ4n) is 0.910. The zero-order chi connectivity index (χ0) is 9.68. The molecule has 0 heterocycles. The van der Waals surface area contributed by atoms with Gasteiger partial charge in [-0.3, -0.25) is 9.68 Å². The Labute approximate surface area is 75.0 Å². The van der Waals surface area contributed by atoms with Crippen molar-refractivity contribution in [2.75, 3.05) is 0 Å². The van der Waals surface area contributed by atoms with Crippen LogP contribution in [-0.4, -0.2) is 12.4 Å². The predicted molar refractivity (Wildman–Crippen MR) is 43.7 cm³/mol. The van der Waals surface area contributed by atoms with Crippen molar-refractivity contribution in [3.05, 3.63) is 35.4 Å². The van der Waals surface area contributed by atoms with Gasteiger partial charge in [-0.2, -0.15) is 0 Å². The van der Waals surface area contributed by atoms with Crippen molar-refractivity contribution in [1.82, 2.24) is 0 Å². The van der Waals surface area contributed by atoms with Crippen LogP contribution in [0.1, 0.15) is 15.9 Å². The Balaban J connectivity index is 2.76. The van der Waals surface area contributed by atoms with Crippen molar-refractivity contribution in [2.24, 2.45) is 0 Å². The summed E-state index contributed by atoms with van der Waals surface area (Å²) in [4.78, 5) is 28.9. The largest absolute Gasteiger partial charge is 0.386 e. The van der Waals surface area contributed by atoms with Gasteiger partial charge in [0.1, 0.15) is 0 Å². The molecule has 0 aliphatic heterocycles. The SMILES string of the molecule is Cc1ccccc1C(=O)OOC=O. The minimum Gasteiger partial charge on any atom is -0.251 e. The van der Waals surface area contributed by atoms with E-state index in [1.165, 1.54) is 0 Å². The number of carbonyl (C=O) groups is 2. The van der Waals surface area contributed by atoms with Crippen LogP contribution in [0.15, 0.2) is 24.3 Å². The Morgan fingerprint density at radius 2 is 2.08 bits per heavy atom. The van der Waals surface area contributed by atoms with E-state index in [0.717, 1.165) is 5.56 Å². The average Bonchev–Trinajstić information content (AvgIpc) is 2.15. The molecule has 0 spiro atoms. The number of carbonyl (C=O) groups excluding carboxylic acids is 2. The second-order valence-corrected chi connectivity index (χ2v) is 2.38. The highest BCUT2D eigenvalue weighted by Crippen LogP contribution is 2.08. The molecular weight excluding hydrogens is 172 g/mol. The molecule has 0 N–H and O–H groups in total. The lowest BCUT2D eigenvalue weighted by Crippen LogP contribution is -2.06. The number of rotatable bonds is 3. The molecule has 4 heteroatoms. The molecule has 0 saturated carbocycles. The molecule has 0 aliphatic rings. The van der Waals surface area contributed by atoms with Crippen molar-refractivity contribution >= 4 is 12.4 Å². The summed E-state index contributed by atoms with van der Waals surface area (Å²) in [7, 11) is 0. The Kier molecular flexibility index (Phi) is 3.03. The van der Waals surface area contributed by atoms with Crippen LogP contribution in [0, 0.1) is 6.92 Å². The predicted octanol–water partition coefficient (Wildman–Crippen LogP) is 1.24. The van der Waals surface area contributed by atoms with Crippen LogP contribution in [0.2, 0.25) is 0 Å². The van der Waals surface area contributed by atoms with Gasteiger partial charge >= 0.3 is 12.4 Å². The molecular formula is C9H8O4. The quantitative estimate of drug-likeness (QED) is 0.399. The molecule has 0 amide bonds. The van der Waals surface area contributed by atoms with Crippen molar-refractivity contribution in [1.29, 1.82) is 0 Å². The summed E-state index contributed by atoms with van der Waals surface area (Å²) in [6.45, 7) is 1.81. The molecule has 1 aromatic carbocycles. The van der Waals surface area contributed by atoms with Crippen molar-refractivity contribution in [2.45, 2.75) is 6.92 Å². The number of hydrogen-bond acceptors (Lipinski definition) is 4. The van der Waals surface area contributed by atoms with E-state index in [1.807, 2.05) is 0 Å². The first-order valence-electron chi connectivity index (χ1n) is 3.62. The van der Waals surface area contributed by atoms with Gasteiger partial charge in [0.2, 0.25) is 0 Å². The molecule has 4 nitrogen and oxygen atoms in total. The minimum absolute atomic E-state index is 0.0518. The lowest BCUT2D eigenvalue weighted by molar-refractivity contribution is -0.218. The third kappa shape index (κ3) is 2.30. The van der Waals surface area contributed by atoms with E-state index in [9.17, 15) is 9.59 Å². The summed E-state index contributed by atoms with van der Waals surface area (Å²) in [5, 5.41) is 0. The number of aryl methyl sites for hydroxylation is 1. The van der Waals surface area contributed by atoms with Gasteiger partial charge < -0.3 is 0 Å². The molecule has 0 bridgehead atoms. The third-order valence-corrected chi connectivity index (χ3v) is 1.53. The highest BCUT2D eigenvalue weighted by atomic mass is 17.2. The molecule has 0 unspecified atom stereocenters. The summed E-state index contributed by atoms with van der Waals surface area (Å²) in [6, 6.07) is 6.85. The van der Waals surface area contributed by atoms with E-state index in [1.54, 1.807) is 31.2 Å². The van der Waals surface area contributed by atoms with Crippen molar-refractivity contribution in [3.8, 4) is 0 Å². The zero-order valence-electron chi connectivity index (χ0n) is 7.02. The maximum atomic E-state index is 11.1. The summed E-state index contributed by atoms with van der Waals surface area (Å²) in [5.41, 5.74) is 1.14. The molecule has 0 atom stereocenters. The first-order chi connectivity index (χ1) is 6.25. The Morgan fingerprint density at radius 3 is 2.69 bits per heavy atom. The molecule has 0 saturated heterocycles. The van der Waals surface area contributed by atoms with E-state index < -0.39 is 5.97 Å². The molecule has 1 aromatic rings. The van der Waals surface area contributed by atoms with Gasteiger partial charge in [-0.25, -0.2) is 9.68 Å². The summed E-state index contributed by atoms with van der Waals surface area (Å²) >= 11 is 0. The Morgan fingerprint density at radius 1 is 1.38 bits per heavy atom. The van der Waals surface area contributed by atoms with Crippen molar-refractivity contribution in [3.63, 3.8) is 0 Å². The van der Waals surface area contributed by atoms with E-state index in [2.05, 4.69) is 9.78 Å². The summed E-state index contributed by atoms with van der Waals surface area (Å²) in [6.07, 6.45) is 0. The van der Waals surface area contributed by atoms with E-state index >= 15 is 0 Å². The summed E-state index contributed by atoms with van der Waals surface area (Å²) in [5.74, 6) is -0.676. The topological polar surface area (TPSA) is 52.6 Å². The van der Waals surface area contributed by atoms with E-state index in [-0.39, 0.29) is 6.47 Å². The van der Waals surface area contributed by atoms with Crippen LogP contribution in [-0.2, 0) is 14.6 Å². The Hall–Kier alpha value is -1.84. The van der Waals surface area contributed by atoms with Crippen LogP contribution < -0.4 is 0 Å². The van der Waals surface area contributed by atoms with Gasteiger partial charge in [0, 0.05) is 0 Å². The van der Waals surface area contributed by atoms with Gasteiger partial charge in [0.15, 0.2) is 0 Å². The second kappa shape index (κ2) is 4.25. The highest BCUT2D eigenvalue weighted by molar-refractivity contribution is 5.90. The highest BCUT2D eigenvalue weighted by Gasteiger charge is 2.10. The third-order valence-electron chi connectivity index (χ3n) is 1.53. The van der Waals surface area contributed by atoms with E-state index in [0.29, 0.717) is 5.56 Å². The maximum absolute atomic E-state index is 11.1. The number of benzene rings is 1. The first kappa shape index (κ1) is 9.25. The van der Waals surface area contributed by atoms with E-state index in [4.69, 9.17) is 0 Å². The average molecular weight is 180 g/mol. The molecule has 0 fully saturated rings. The van der Waals surface area contributed by atoms with Crippen molar-refractivity contribution < 1.29 is 19.4 Å². The zero-order valence-corrected chi connectivity index (χ0v) is 7.02. The fourth-order valence-corrected chi connectivity index (χ4v) is 0.910. The van der Waals surface area contributed by atoms with Crippen LogP contribution in [0.25, 0.3) is 0 Å². The monoisotopic (exact) mass is 180 g/mol. The maximum Gasteiger partial charge on any atom is 0.386 e. The molecule has 1 rings (SSSR count). The van der Waals surface area contributed by atoms with Crippen LogP contribution in [0.4, 0.5) is 0 Å². The van der Waals surface area contributed by atoms with Gasteiger partial charge in [-0.05, 0) is 18.6 Å². The second-order valence-electron chi connectivity index (χ2n) is 2.38. The standard InChI is InChI=1S/C9H8O4/c1-7-4-2-3-5-8(7)9(11)13-12-6-10/h2-6H,1H3. The van der Waals surface area contributed by atoms with Crippen LogP contribution in [0.5, 0.6) is 0 Å². The van der Waals surface area contributed by atoms with Gasteiger partial charge in [-0.15, -0.1) is 0 Å². The Bertz CT molecular complexity index is 319. The molecule has 0 radical (unpaired) electrons. The molecule has 13 heavy (non-hydrogen) atoms. The molecule has 68 valence electrons. The van der Waals surface area contributed by atoms with Crippen LogP contribution >= 0.6 is 0 Å². The normalized spacial score (nSPS) is 9.00. The van der Waals surface area contributed by atoms with Gasteiger partial charge in [0.05, 0.1) is 5.56 Å². The minimum atomic E-state index is -0.676. The van der Waals surface area contributed by atoms with Gasteiger partial charge in [0.25, 0.3) is 0 Å². The molecule has 0 aromatic heterocycles. The lowest BCUT2D eigenvalue weighted by atomic mass is 10.1. The first-order valence-corrected chi connectivity index (χ1v) is 3.62. The molecule has 0 aliphatic carbocycles. The van der Waals surface area contributed by atoms with Gasteiger partial charge in [-0.1, -0.05) is 18.2 Å². The number of hydrogen-bond donors (Lipinski definition) is 0. The smallest absolute Gasteiger partial charge is 0.251 e.